The molecule has 2 rings (SSSR count). The summed E-state index contributed by atoms with van der Waals surface area (Å²) in [5.74, 6) is 0.101. The molecule has 19 heavy (non-hydrogen) atoms. The number of rotatable bonds is 3. The van der Waals surface area contributed by atoms with Crippen LogP contribution in [0.4, 0.5) is 4.39 Å². The smallest absolute Gasteiger partial charge is 0.176 e. The lowest BCUT2D eigenvalue weighted by Gasteiger charge is -2.10. The summed E-state index contributed by atoms with van der Waals surface area (Å²) in [5, 5.41) is 0. The third-order valence-electron chi connectivity index (χ3n) is 2.74. The van der Waals surface area contributed by atoms with Crippen LogP contribution >= 0.6 is 0 Å². The first-order valence-electron chi connectivity index (χ1n) is 5.56. The zero-order valence-electron chi connectivity index (χ0n) is 10.6. The summed E-state index contributed by atoms with van der Waals surface area (Å²) >= 11 is 0. The molecule has 0 saturated heterocycles. The molecule has 2 aromatic rings. The van der Waals surface area contributed by atoms with Crippen molar-refractivity contribution in [3.05, 3.63) is 48.3 Å². The van der Waals surface area contributed by atoms with Gasteiger partial charge in [-0.05, 0) is 35.9 Å². The molecular weight excluding hydrogens is 267 g/mol. The minimum absolute atomic E-state index is 0.165. The highest BCUT2D eigenvalue weighted by atomic mass is 32.2. The van der Waals surface area contributed by atoms with E-state index in [1.165, 1.54) is 25.3 Å². The van der Waals surface area contributed by atoms with E-state index in [1.807, 2.05) is 0 Å². The fourth-order valence-corrected chi connectivity index (χ4v) is 2.72. The van der Waals surface area contributed by atoms with E-state index >= 15 is 0 Å². The van der Waals surface area contributed by atoms with E-state index in [4.69, 9.17) is 4.74 Å². The van der Waals surface area contributed by atoms with Crippen LogP contribution in [0.2, 0.25) is 0 Å². The van der Waals surface area contributed by atoms with Gasteiger partial charge in [0, 0.05) is 11.8 Å². The first kappa shape index (κ1) is 13.5. The van der Waals surface area contributed by atoms with Gasteiger partial charge in [-0.1, -0.05) is 12.1 Å². The Balaban J connectivity index is 2.66. The van der Waals surface area contributed by atoms with Gasteiger partial charge < -0.3 is 4.74 Å². The maximum atomic E-state index is 12.9. The molecule has 3 nitrogen and oxygen atoms in total. The lowest BCUT2D eigenvalue weighted by Crippen LogP contribution is -2.00. The molecule has 0 N–H and O–H groups in total. The molecule has 0 aliphatic carbocycles. The molecule has 0 aliphatic rings. The van der Waals surface area contributed by atoms with Crippen LogP contribution in [0.25, 0.3) is 11.1 Å². The molecular formula is C14H13FO3S. The van der Waals surface area contributed by atoms with E-state index in [9.17, 15) is 12.8 Å². The SMILES string of the molecule is COc1ccc(-c2ccc(F)cc2)c(S(C)(=O)=O)c1. The molecule has 0 aromatic heterocycles. The van der Waals surface area contributed by atoms with Gasteiger partial charge in [-0.25, -0.2) is 12.8 Å². The monoisotopic (exact) mass is 280 g/mol. The molecule has 0 radical (unpaired) electrons. The van der Waals surface area contributed by atoms with Crippen LogP contribution in [0.15, 0.2) is 47.4 Å². The molecule has 0 unspecified atom stereocenters. The minimum Gasteiger partial charge on any atom is -0.497 e. The molecule has 5 heteroatoms. The Bertz CT molecular complexity index is 691. The molecule has 100 valence electrons. The van der Waals surface area contributed by atoms with Crippen molar-refractivity contribution >= 4 is 9.84 Å². The van der Waals surface area contributed by atoms with Gasteiger partial charge in [0.15, 0.2) is 9.84 Å². The maximum absolute atomic E-state index is 12.9. The standard InChI is InChI=1S/C14H13FO3S/c1-18-12-7-8-13(14(9-12)19(2,16)17)10-3-5-11(15)6-4-10/h3-9H,1-2H3. The fraction of sp³-hybridized carbons (Fsp3) is 0.143. The first-order chi connectivity index (χ1) is 8.91. The maximum Gasteiger partial charge on any atom is 0.176 e. The van der Waals surface area contributed by atoms with Gasteiger partial charge in [0.1, 0.15) is 11.6 Å². The van der Waals surface area contributed by atoms with E-state index in [0.717, 1.165) is 6.26 Å². The summed E-state index contributed by atoms with van der Waals surface area (Å²) in [7, 11) is -1.93. The van der Waals surface area contributed by atoms with Crippen molar-refractivity contribution in [2.75, 3.05) is 13.4 Å². The van der Waals surface area contributed by atoms with Crippen LogP contribution in [0.3, 0.4) is 0 Å². The molecule has 0 spiro atoms. The summed E-state index contributed by atoms with van der Waals surface area (Å²) in [6, 6.07) is 10.5. The van der Waals surface area contributed by atoms with Crippen molar-refractivity contribution in [1.82, 2.24) is 0 Å². The molecule has 0 fully saturated rings. The summed E-state index contributed by atoms with van der Waals surface area (Å²) < 4.78 is 41.6. The molecule has 2 aromatic carbocycles. The highest BCUT2D eigenvalue weighted by Crippen LogP contribution is 2.30. The third-order valence-corrected chi connectivity index (χ3v) is 3.88. The van der Waals surface area contributed by atoms with Crippen LogP contribution < -0.4 is 4.74 Å². The van der Waals surface area contributed by atoms with Gasteiger partial charge in [-0.15, -0.1) is 0 Å². The Morgan fingerprint density at radius 3 is 2.21 bits per heavy atom. The van der Waals surface area contributed by atoms with Gasteiger partial charge in [0.05, 0.1) is 12.0 Å². The average molecular weight is 280 g/mol. The Hall–Kier alpha value is -1.88. The molecule has 0 bridgehead atoms. The molecule has 0 heterocycles. The normalized spacial score (nSPS) is 11.3. The first-order valence-corrected chi connectivity index (χ1v) is 7.45. The Labute approximate surface area is 111 Å². The third kappa shape index (κ3) is 2.93. The Morgan fingerprint density at radius 2 is 1.68 bits per heavy atom. The summed E-state index contributed by atoms with van der Waals surface area (Å²) in [6.45, 7) is 0. The fourth-order valence-electron chi connectivity index (χ4n) is 1.80. The number of methoxy groups -OCH3 is 1. The van der Waals surface area contributed by atoms with Gasteiger partial charge in [-0.2, -0.15) is 0 Å². The minimum atomic E-state index is -3.40. The number of benzene rings is 2. The van der Waals surface area contributed by atoms with E-state index < -0.39 is 9.84 Å². The van der Waals surface area contributed by atoms with Crippen LogP contribution in [-0.4, -0.2) is 21.8 Å². The lowest BCUT2D eigenvalue weighted by atomic mass is 10.1. The van der Waals surface area contributed by atoms with Crippen LogP contribution in [0.1, 0.15) is 0 Å². The average Bonchev–Trinajstić information content (AvgIpc) is 2.38. The van der Waals surface area contributed by atoms with E-state index in [2.05, 4.69) is 0 Å². The molecule has 0 amide bonds. The Kier molecular flexibility index (Phi) is 3.57. The van der Waals surface area contributed by atoms with Gasteiger partial charge >= 0.3 is 0 Å². The summed E-state index contributed by atoms with van der Waals surface area (Å²) in [6.07, 6.45) is 1.13. The van der Waals surface area contributed by atoms with Crippen LogP contribution in [0, 0.1) is 5.82 Å². The second-order valence-corrected chi connectivity index (χ2v) is 6.13. The molecule has 0 atom stereocenters. The number of sulfone groups is 1. The topological polar surface area (TPSA) is 43.4 Å². The predicted octanol–water partition coefficient (Wildman–Crippen LogP) is 2.90. The lowest BCUT2D eigenvalue weighted by molar-refractivity contribution is 0.413. The van der Waals surface area contributed by atoms with Crippen LogP contribution in [0.5, 0.6) is 5.75 Å². The molecule has 0 saturated carbocycles. The van der Waals surface area contributed by atoms with E-state index in [1.54, 1.807) is 24.3 Å². The van der Waals surface area contributed by atoms with Crippen molar-refractivity contribution in [3.63, 3.8) is 0 Å². The van der Waals surface area contributed by atoms with E-state index in [-0.39, 0.29) is 10.7 Å². The number of hydrogen-bond acceptors (Lipinski definition) is 3. The van der Waals surface area contributed by atoms with Crippen molar-refractivity contribution in [2.24, 2.45) is 0 Å². The van der Waals surface area contributed by atoms with Crippen molar-refractivity contribution < 1.29 is 17.5 Å². The van der Waals surface area contributed by atoms with Gasteiger partial charge in [-0.3, -0.25) is 0 Å². The Morgan fingerprint density at radius 1 is 1.05 bits per heavy atom. The number of hydrogen-bond donors (Lipinski definition) is 0. The summed E-state index contributed by atoms with van der Waals surface area (Å²) in [5.41, 5.74) is 1.17. The zero-order chi connectivity index (χ0) is 14.0. The quantitative estimate of drug-likeness (QED) is 0.868. The van der Waals surface area contributed by atoms with E-state index in [0.29, 0.717) is 16.9 Å². The van der Waals surface area contributed by atoms with Crippen molar-refractivity contribution in [2.45, 2.75) is 4.90 Å². The molecule has 0 aliphatic heterocycles. The zero-order valence-corrected chi connectivity index (χ0v) is 11.4. The summed E-state index contributed by atoms with van der Waals surface area (Å²) in [4.78, 5) is 0.165. The highest BCUT2D eigenvalue weighted by Gasteiger charge is 2.15. The van der Waals surface area contributed by atoms with Crippen molar-refractivity contribution in [1.29, 1.82) is 0 Å². The second-order valence-electron chi connectivity index (χ2n) is 4.14. The van der Waals surface area contributed by atoms with Gasteiger partial charge in [0.25, 0.3) is 0 Å². The van der Waals surface area contributed by atoms with Gasteiger partial charge in [0.2, 0.25) is 0 Å². The number of halogens is 1. The second kappa shape index (κ2) is 5.01. The van der Waals surface area contributed by atoms with Crippen LogP contribution in [-0.2, 0) is 9.84 Å². The predicted molar refractivity (Wildman–Crippen MR) is 71.5 cm³/mol. The highest BCUT2D eigenvalue weighted by molar-refractivity contribution is 7.90. The number of ether oxygens (including phenoxy) is 1. The largest absolute Gasteiger partial charge is 0.497 e. The van der Waals surface area contributed by atoms with Crippen molar-refractivity contribution in [3.8, 4) is 16.9 Å².